The maximum atomic E-state index is 12.3. The first kappa shape index (κ1) is 15.5. The highest BCUT2D eigenvalue weighted by molar-refractivity contribution is 7.92. The van der Waals surface area contributed by atoms with Crippen LogP contribution in [0.15, 0.2) is 29.7 Å². The van der Waals surface area contributed by atoms with E-state index >= 15 is 0 Å². The summed E-state index contributed by atoms with van der Waals surface area (Å²) in [6, 6.07) is 6.90. The highest BCUT2D eigenvalue weighted by atomic mass is 35.5. The van der Waals surface area contributed by atoms with Crippen molar-refractivity contribution >= 4 is 27.7 Å². The Labute approximate surface area is 125 Å². The van der Waals surface area contributed by atoms with Crippen molar-refractivity contribution in [3.63, 3.8) is 0 Å². The molecule has 0 aromatic heterocycles. The highest BCUT2D eigenvalue weighted by Gasteiger charge is 2.36. The van der Waals surface area contributed by atoms with Gasteiger partial charge in [-0.1, -0.05) is 23.7 Å². The van der Waals surface area contributed by atoms with Gasteiger partial charge in [0.2, 0.25) is 10.0 Å². The van der Waals surface area contributed by atoms with Crippen molar-refractivity contribution in [3.05, 3.63) is 40.3 Å². The lowest BCUT2D eigenvalue weighted by Crippen LogP contribution is -2.42. The topological polar surface area (TPSA) is 63.4 Å². The van der Waals surface area contributed by atoms with Gasteiger partial charge in [0.05, 0.1) is 0 Å². The standard InChI is InChI=1S/C14H19ClN2O2S/c1-17(14(10-16)12-4-5-12)20(18,19)9-8-11-2-6-13(15)7-3-11/h2-3,6-9,12,14H,4-5,10,16H2,1H3/b9-8+. The zero-order valence-electron chi connectivity index (χ0n) is 11.4. The Bertz CT molecular complexity index is 580. The smallest absolute Gasteiger partial charge is 0.236 e. The fourth-order valence-corrected chi connectivity index (χ4v) is 3.42. The minimum absolute atomic E-state index is 0.102. The number of nitrogens with zero attached hydrogens (tertiary/aromatic N) is 1. The summed E-state index contributed by atoms with van der Waals surface area (Å²) in [4.78, 5) is 0. The summed E-state index contributed by atoms with van der Waals surface area (Å²) in [5, 5.41) is 1.85. The molecular formula is C14H19ClN2O2S. The molecule has 0 bridgehead atoms. The molecular weight excluding hydrogens is 296 g/mol. The maximum Gasteiger partial charge on any atom is 0.236 e. The summed E-state index contributed by atoms with van der Waals surface area (Å²) in [7, 11) is -1.85. The van der Waals surface area contributed by atoms with Crippen LogP contribution in [0.4, 0.5) is 0 Å². The lowest BCUT2D eigenvalue weighted by Gasteiger charge is -2.24. The fraction of sp³-hybridized carbons (Fsp3) is 0.429. The molecule has 0 saturated heterocycles. The van der Waals surface area contributed by atoms with Gasteiger partial charge in [0, 0.05) is 30.1 Å². The predicted molar refractivity (Wildman–Crippen MR) is 82.7 cm³/mol. The molecule has 110 valence electrons. The molecule has 20 heavy (non-hydrogen) atoms. The van der Waals surface area contributed by atoms with Crippen LogP contribution in [0, 0.1) is 5.92 Å². The fourth-order valence-electron chi connectivity index (χ4n) is 2.14. The molecule has 1 saturated carbocycles. The van der Waals surface area contributed by atoms with Crippen LogP contribution in [0.2, 0.25) is 5.02 Å². The van der Waals surface area contributed by atoms with Crippen LogP contribution in [0.3, 0.4) is 0 Å². The van der Waals surface area contributed by atoms with Gasteiger partial charge in [-0.15, -0.1) is 0 Å². The van der Waals surface area contributed by atoms with E-state index in [-0.39, 0.29) is 6.04 Å². The Balaban J connectivity index is 2.11. The van der Waals surface area contributed by atoms with E-state index in [0.717, 1.165) is 18.4 Å². The maximum absolute atomic E-state index is 12.3. The first-order valence-electron chi connectivity index (χ1n) is 6.56. The van der Waals surface area contributed by atoms with Gasteiger partial charge in [-0.25, -0.2) is 8.42 Å². The summed E-state index contributed by atoms with van der Waals surface area (Å²) in [6.07, 6.45) is 3.69. The number of sulfonamides is 1. The van der Waals surface area contributed by atoms with Gasteiger partial charge in [0.25, 0.3) is 0 Å². The lowest BCUT2D eigenvalue weighted by atomic mass is 10.2. The highest BCUT2D eigenvalue weighted by Crippen LogP contribution is 2.35. The summed E-state index contributed by atoms with van der Waals surface area (Å²) in [6.45, 7) is 0.356. The van der Waals surface area contributed by atoms with Crippen molar-refractivity contribution < 1.29 is 8.42 Å². The third kappa shape index (κ3) is 3.82. The van der Waals surface area contributed by atoms with Gasteiger partial charge in [-0.2, -0.15) is 4.31 Å². The van der Waals surface area contributed by atoms with Crippen LogP contribution in [-0.4, -0.2) is 32.4 Å². The normalized spacial score (nSPS) is 17.8. The average Bonchev–Trinajstić information content (AvgIpc) is 3.23. The second-order valence-corrected chi connectivity index (χ2v) is 7.37. The summed E-state index contributed by atoms with van der Waals surface area (Å²) >= 11 is 5.79. The molecule has 1 aliphatic carbocycles. The van der Waals surface area contributed by atoms with Gasteiger partial charge in [0.1, 0.15) is 0 Å². The monoisotopic (exact) mass is 314 g/mol. The number of hydrogen-bond acceptors (Lipinski definition) is 3. The lowest BCUT2D eigenvalue weighted by molar-refractivity contribution is 0.344. The van der Waals surface area contributed by atoms with E-state index in [2.05, 4.69) is 0 Å². The third-order valence-electron chi connectivity index (χ3n) is 3.58. The Morgan fingerprint density at radius 2 is 2.00 bits per heavy atom. The van der Waals surface area contributed by atoms with E-state index in [1.54, 1.807) is 37.4 Å². The molecule has 0 spiro atoms. The molecule has 0 amide bonds. The molecule has 1 atom stereocenters. The predicted octanol–water partition coefficient (Wildman–Crippen LogP) is 2.31. The molecule has 2 N–H and O–H groups in total. The zero-order chi connectivity index (χ0) is 14.8. The van der Waals surface area contributed by atoms with Crippen LogP contribution in [0.25, 0.3) is 6.08 Å². The number of halogens is 1. The molecule has 0 radical (unpaired) electrons. The van der Waals surface area contributed by atoms with Crippen molar-refractivity contribution in [2.75, 3.05) is 13.6 Å². The van der Waals surface area contributed by atoms with Crippen LogP contribution in [-0.2, 0) is 10.0 Å². The van der Waals surface area contributed by atoms with Gasteiger partial charge in [0.15, 0.2) is 0 Å². The third-order valence-corrected chi connectivity index (χ3v) is 5.38. The minimum Gasteiger partial charge on any atom is -0.329 e. The molecule has 1 unspecified atom stereocenters. The van der Waals surface area contributed by atoms with E-state index in [0.29, 0.717) is 17.5 Å². The number of nitrogens with two attached hydrogens (primary N) is 1. The number of rotatable bonds is 6. The van der Waals surface area contributed by atoms with E-state index < -0.39 is 10.0 Å². The average molecular weight is 315 g/mol. The first-order chi connectivity index (χ1) is 9.44. The minimum atomic E-state index is -3.45. The van der Waals surface area contributed by atoms with Crippen LogP contribution >= 0.6 is 11.6 Å². The largest absolute Gasteiger partial charge is 0.329 e. The van der Waals surface area contributed by atoms with E-state index in [1.165, 1.54) is 9.71 Å². The molecule has 0 heterocycles. The molecule has 1 aromatic rings. The first-order valence-corrected chi connectivity index (χ1v) is 8.44. The molecule has 0 aliphatic heterocycles. The van der Waals surface area contributed by atoms with Crippen molar-refractivity contribution in [1.82, 2.24) is 4.31 Å². The van der Waals surface area contributed by atoms with Crippen LogP contribution < -0.4 is 5.73 Å². The van der Waals surface area contributed by atoms with Gasteiger partial charge in [-0.05, 0) is 42.5 Å². The van der Waals surface area contributed by atoms with Crippen molar-refractivity contribution in [1.29, 1.82) is 0 Å². The molecule has 1 aliphatic rings. The van der Waals surface area contributed by atoms with Gasteiger partial charge >= 0.3 is 0 Å². The number of likely N-dealkylation sites (N-methyl/N-ethyl adjacent to an activating group) is 1. The van der Waals surface area contributed by atoms with E-state index in [4.69, 9.17) is 17.3 Å². The van der Waals surface area contributed by atoms with Gasteiger partial charge < -0.3 is 5.73 Å². The molecule has 1 fully saturated rings. The zero-order valence-corrected chi connectivity index (χ0v) is 12.9. The second-order valence-electron chi connectivity index (χ2n) is 5.06. The summed E-state index contributed by atoms with van der Waals surface area (Å²) < 4.78 is 25.9. The second kappa shape index (κ2) is 6.26. The number of benzene rings is 1. The Morgan fingerprint density at radius 3 is 2.50 bits per heavy atom. The van der Waals surface area contributed by atoms with Crippen LogP contribution in [0.5, 0.6) is 0 Å². The molecule has 6 heteroatoms. The van der Waals surface area contributed by atoms with Crippen LogP contribution in [0.1, 0.15) is 18.4 Å². The summed E-state index contributed by atoms with van der Waals surface area (Å²) in [5.41, 5.74) is 6.48. The molecule has 2 rings (SSSR count). The Morgan fingerprint density at radius 1 is 1.40 bits per heavy atom. The Hall–Kier alpha value is -0.880. The Kier molecular flexibility index (Phi) is 4.86. The molecule has 4 nitrogen and oxygen atoms in total. The SMILES string of the molecule is CN(C(CN)C1CC1)S(=O)(=O)/C=C/c1ccc(Cl)cc1. The molecule has 1 aromatic carbocycles. The van der Waals surface area contributed by atoms with E-state index in [1.807, 2.05) is 0 Å². The number of hydrogen-bond donors (Lipinski definition) is 1. The van der Waals surface area contributed by atoms with Crippen molar-refractivity contribution in [2.24, 2.45) is 11.7 Å². The van der Waals surface area contributed by atoms with Crippen molar-refractivity contribution in [2.45, 2.75) is 18.9 Å². The van der Waals surface area contributed by atoms with E-state index in [9.17, 15) is 8.42 Å². The van der Waals surface area contributed by atoms with Gasteiger partial charge in [-0.3, -0.25) is 0 Å². The summed E-state index contributed by atoms with van der Waals surface area (Å²) in [5.74, 6) is 0.406. The quantitative estimate of drug-likeness (QED) is 0.876. The van der Waals surface area contributed by atoms with Crippen molar-refractivity contribution in [3.8, 4) is 0 Å².